The Hall–Kier alpha value is -2.15. The van der Waals surface area contributed by atoms with Crippen LogP contribution in [0.25, 0.3) is 11.2 Å². The molecule has 0 spiro atoms. The van der Waals surface area contributed by atoms with Gasteiger partial charge in [0.2, 0.25) is 0 Å². The van der Waals surface area contributed by atoms with E-state index in [2.05, 4.69) is 25.5 Å². The monoisotopic (exact) mass is 316 g/mol. The SMILES string of the molecule is CCCNC(=O)c1c[nH]c2ncc(N3CCCC(NC)C3)nc12. The maximum absolute atomic E-state index is 12.2. The summed E-state index contributed by atoms with van der Waals surface area (Å²) in [5.74, 6) is 0.734. The van der Waals surface area contributed by atoms with Crippen LogP contribution in [-0.2, 0) is 0 Å². The Morgan fingerprint density at radius 3 is 3.17 bits per heavy atom. The van der Waals surface area contributed by atoms with Crippen molar-refractivity contribution < 1.29 is 4.79 Å². The number of piperidine rings is 1. The highest BCUT2D eigenvalue weighted by Gasteiger charge is 2.21. The molecule has 3 rings (SSSR count). The van der Waals surface area contributed by atoms with E-state index in [1.54, 1.807) is 12.4 Å². The van der Waals surface area contributed by atoms with Crippen LogP contribution in [0.15, 0.2) is 12.4 Å². The third-order valence-electron chi connectivity index (χ3n) is 4.30. The molecule has 3 N–H and O–H groups in total. The first-order valence-corrected chi connectivity index (χ1v) is 8.27. The third-order valence-corrected chi connectivity index (χ3v) is 4.30. The second kappa shape index (κ2) is 6.95. The standard InChI is InChI=1S/C16H24N6O/c1-3-6-18-16(23)12-8-19-15-14(12)21-13(9-20-15)22-7-4-5-11(10-22)17-2/h8-9,11,17H,3-7,10H2,1-2H3,(H,18,23)(H,19,20). The van der Waals surface area contributed by atoms with Crippen molar-refractivity contribution in [1.29, 1.82) is 0 Å². The molecule has 1 amide bonds. The Kier molecular flexibility index (Phi) is 4.76. The van der Waals surface area contributed by atoms with Gasteiger partial charge in [0.25, 0.3) is 5.91 Å². The number of aromatic amines is 1. The van der Waals surface area contributed by atoms with Crippen molar-refractivity contribution in [2.75, 3.05) is 31.6 Å². The minimum atomic E-state index is -0.101. The average molecular weight is 316 g/mol. The summed E-state index contributed by atoms with van der Waals surface area (Å²) in [7, 11) is 1.99. The highest BCUT2D eigenvalue weighted by molar-refractivity contribution is 6.04. The molecule has 124 valence electrons. The molecular formula is C16H24N6O. The van der Waals surface area contributed by atoms with E-state index in [1.807, 2.05) is 14.0 Å². The van der Waals surface area contributed by atoms with Gasteiger partial charge in [-0.3, -0.25) is 4.79 Å². The number of likely N-dealkylation sites (N-methyl/N-ethyl adjacent to an activating group) is 1. The van der Waals surface area contributed by atoms with E-state index in [0.29, 0.717) is 29.3 Å². The van der Waals surface area contributed by atoms with E-state index in [1.165, 1.54) is 6.42 Å². The van der Waals surface area contributed by atoms with Crippen molar-refractivity contribution in [3.63, 3.8) is 0 Å². The van der Waals surface area contributed by atoms with Crippen LogP contribution < -0.4 is 15.5 Å². The quantitative estimate of drug-likeness (QED) is 0.774. The summed E-state index contributed by atoms with van der Waals surface area (Å²) in [6, 6.07) is 0.472. The fraction of sp³-hybridized carbons (Fsp3) is 0.562. The molecule has 1 aliphatic rings. The van der Waals surface area contributed by atoms with Crippen LogP contribution in [0.4, 0.5) is 5.82 Å². The lowest BCUT2D eigenvalue weighted by atomic mass is 10.1. The summed E-state index contributed by atoms with van der Waals surface area (Å²) in [5.41, 5.74) is 1.85. The maximum atomic E-state index is 12.2. The van der Waals surface area contributed by atoms with Crippen LogP contribution in [0.5, 0.6) is 0 Å². The zero-order chi connectivity index (χ0) is 16.2. The summed E-state index contributed by atoms with van der Waals surface area (Å²) in [6.45, 7) is 4.58. The number of aromatic nitrogens is 3. The van der Waals surface area contributed by atoms with Crippen molar-refractivity contribution in [1.82, 2.24) is 25.6 Å². The van der Waals surface area contributed by atoms with Crippen LogP contribution in [0, 0.1) is 0 Å². The Morgan fingerprint density at radius 1 is 1.52 bits per heavy atom. The van der Waals surface area contributed by atoms with Crippen LogP contribution in [-0.4, -0.2) is 53.6 Å². The lowest BCUT2D eigenvalue weighted by Crippen LogP contribution is -2.44. The molecule has 0 bridgehead atoms. The Labute approximate surface area is 135 Å². The molecule has 0 radical (unpaired) electrons. The molecule has 1 fully saturated rings. The molecule has 1 aliphatic heterocycles. The lowest BCUT2D eigenvalue weighted by molar-refractivity contribution is 0.0955. The Bertz CT molecular complexity index is 682. The Morgan fingerprint density at radius 2 is 2.39 bits per heavy atom. The van der Waals surface area contributed by atoms with E-state index in [9.17, 15) is 4.79 Å². The van der Waals surface area contributed by atoms with Gasteiger partial charge < -0.3 is 20.5 Å². The number of H-pyrrole nitrogens is 1. The molecule has 1 atom stereocenters. The second-order valence-corrected chi connectivity index (χ2v) is 5.96. The lowest BCUT2D eigenvalue weighted by Gasteiger charge is -2.33. The maximum Gasteiger partial charge on any atom is 0.255 e. The van der Waals surface area contributed by atoms with E-state index in [4.69, 9.17) is 4.98 Å². The van der Waals surface area contributed by atoms with Gasteiger partial charge in [0.1, 0.15) is 11.3 Å². The highest BCUT2D eigenvalue weighted by atomic mass is 16.1. The average Bonchev–Trinajstić information content (AvgIpc) is 3.03. The molecule has 2 aromatic rings. The van der Waals surface area contributed by atoms with Gasteiger partial charge in [-0.15, -0.1) is 0 Å². The van der Waals surface area contributed by atoms with Gasteiger partial charge in [0.05, 0.1) is 11.8 Å². The zero-order valence-electron chi connectivity index (χ0n) is 13.7. The fourth-order valence-corrected chi connectivity index (χ4v) is 2.96. The fourth-order valence-electron chi connectivity index (χ4n) is 2.96. The van der Waals surface area contributed by atoms with Crippen molar-refractivity contribution in [3.8, 4) is 0 Å². The summed E-state index contributed by atoms with van der Waals surface area (Å²) in [4.78, 5) is 26.6. The Balaban J connectivity index is 1.87. The molecule has 1 saturated heterocycles. The molecule has 0 aromatic carbocycles. The third kappa shape index (κ3) is 3.29. The van der Waals surface area contributed by atoms with Crippen molar-refractivity contribution in [3.05, 3.63) is 18.0 Å². The molecule has 0 saturated carbocycles. The minimum Gasteiger partial charge on any atom is -0.354 e. The van der Waals surface area contributed by atoms with Gasteiger partial charge in [-0.2, -0.15) is 0 Å². The molecule has 0 aliphatic carbocycles. The normalized spacial score (nSPS) is 18.3. The molecule has 7 nitrogen and oxygen atoms in total. The molecule has 2 aromatic heterocycles. The van der Waals surface area contributed by atoms with E-state index in [0.717, 1.165) is 31.7 Å². The van der Waals surface area contributed by atoms with Crippen LogP contribution in [0.1, 0.15) is 36.5 Å². The van der Waals surface area contributed by atoms with E-state index in [-0.39, 0.29) is 5.91 Å². The first kappa shape index (κ1) is 15.7. The number of carbonyl (C=O) groups excluding carboxylic acids is 1. The minimum absolute atomic E-state index is 0.101. The molecule has 23 heavy (non-hydrogen) atoms. The highest BCUT2D eigenvalue weighted by Crippen LogP contribution is 2.21. The van der Waals surface area contributed by atoms with Crippen LogP contribution >= 0.6 is 0 Å². The van der Waals surface area contributed by atoms with Gasteiger partial charge in [-0.25, -0.2) is 9.97 Å². The number of amides is 1. The number of hydrogen-bond donors (Lipinski definition) is 3. The summed E-state index contributed by atoms with van der Waals surface area (Å²) in [6.07, 6.45) is 6.68. The van der Waals surface area contributed by atoms with Gasteiger partial charge in [-0.1, -0.05) is 6.92 Å². The summed E-state index contributed by atoms with van der Waals surface area (Å²) < 4.78 is 0. The van der Waals surface area contributed by atoms with Gasteiger partial charge >= 0.3 is 0 Å². The number of hydrogen-bond acceptors (Lipinski definition) is 5. The van der Waals surface area contributed by atoms with E-state index >= 15 is 0 Å². The number of anilines is 1. The van der Waals surface area contributed by atoms with Crippen molar-refractivity contribution in [2.45, 2.75) is 32.2 Å². The predicted octanol–water partition coefficient (Wildman–Crippen LogP) is 1.29. The second-order valence-electron chi connectivity index (χ2n) is 5.96. The summed E-state index contributed by atoms with van der Waals surface area (Å²) >= 11 is 0. The number of fused-ring (bicyclic) bond motifs is 1. The molecule has 1 unspecified atom stereocenters. The topological polar surface area (TPSA) is 85.9 Å². The smallest absolute Gasteiger partial charge is 0.255 e. The van der Waals surface area contributed by atoms with Gasteiger partial charge in [0.15, 0.2) is 5.65 Å². The number of nitrogens with zero attached hydrogens (tertiary/aromatic N) is 3. The first-order chi connectivity index (χ1) is 11.2. The molecule has 7 heteroatoms. The van der Waals surface area contributed by atoms with Gasteiger partial charge in [-0.05, 0) is 26.3 Å². The van der Waals surface area contributed by atoms with E-state index < -0.39 is 0 Å². The zero-order valence-corrected chi connectivity index (χ0v) is 13.7. The number of nitrogens with one attached hydrogen (secondary N) is 3. The molecule has 3 heterocycles. The van der Waals surface area contributed by atoms with Gasteiger partial charge in [0, 0.05) is 31.9 Å². The predicted molar refractivity (Wildman–Crippen MR) is 90.8 cm³/mol. The summed E-state index contributed by atoms with van der Waals surface area (Å²) in [5, 5.41) is 6.22. The number of carbonyl (C=O) groups is 1. The van der Waals surface area contributed by atoms with Crippen molar-refractivity contribution in [2.24, 2.45) is 0 Å². The number of rotatable bonds is 5. The van der Waals surface area contributed by atoms with Crippen LogP contribution in [0.3, 0.4) is 0 Å². The molecular weight excluding hydrogens is 292 g/mol. The first-order valence-electron chi connectivity index (χ1n) is 8.27. The van der Waals surface area contributed by atoms with Crippen molar-refractivity contribution >= 4 is 22.9 Å². The van der Waals surface area contributed by atoms with Crippen LogP contribution in [0.2, 0.25) is 0 Å². The largest absolute Gasteiger partial charge is 0.354 e.